The van der Waals surface area contributed by atoms with Gasteiger partial charge in [-0.2, -0.15) is 0 Å². The number of hydrogen-bond donors (Lipinski definition) is 0. The molecule has 4 aromatic carbocycles. The second kappa shape index (κ2) is 16.1. The van der Waals surface area contributed by atoms with Gasteiger partial charge in [-0.05, 0) is 74.4 Å². The van der Waals surface area contributed by atoms with Gasteiger partial charge in [0.05, 0.1) is 6.61 Å². The minimum absolute atomic E-state index is 0.0777. The average Bonchev–Trinajstić information content (AvgIpc) is 2.99. The smallest absolute Gasteiger partial charge is 0.305 e. The number of rotatable bonds is 14. The van der Waals surface area contributed by atoms with Crippen molar-refractivity contribution in [3.63, 3.8) is 0 Å². The zero-order valence-electron chi connectivity index (χ0n) is 22.8. The molecule has 0 unspecified atom stereocenters. The number of benzene rings is 4. The van der Waals surface area contributed by atoms with Gasteiger partial charge in [-0.25, -0.2) is 0 Å². The molecule has 0 saturated heterocycles. The molecule has 0 heterocycles. The lowest BCUT2D eigenvalue weighted by molar-refractivity contribution is -0.143. The molecular formula is C35H38O2P2. The number of esters is 1. The summed E-state index contributed by atoms with van der Waals surface area (Å²) in [6.45, 7) is 2.32. The van der Waals surface area contributed by atoms with Gasteiger partial charge in [-0.15, -0.1) is 0 Å². The molecule has 0 atom stereocenters. The molecule has 0 spiro atoms. The third-order valence-corrected chi connectivity index (χ3v) is 11.6. The fourth-order valence-electron chi connectivity index (χ4n) is 4.66. The fraction of sp³-hybridized carbons (Fsp3) is 0.229. The van der Waals surface area contributed by atoms with E-state index in [2.05, 4.69) is 127 Å². The zero-order chi connectivity index (χ0) is 27.1. The van der Waals surface area contributed by atoms with E-state index in [9.17, 15) is 4.79 Å². The third kappa shape index (κ3) is 8.99. The monoisotopic (exact) mass is 552 g/mol. The number of carbonyl (C=O) groups excluding carboxylic acids is 1. The molecule has 0 aliphatic heterocycles. The van der Waals surface area contributed by atoms with E-state index in [1.54, 1.807) is 0 Å². The molecule has 0 aliphatic rings. The lowest BCUT2D eigenvalue weighted by Crippen LogP contribution is -2.15. The van der Waals surface area contributed by atoms with Crippen LogP contribution < -0.4 is 21.2 Å². The van der Waals surface area contributed by atoms with E-state index in [1.807, 2.05) is 6.92 Å². The number of allylic oxidation sites excluding steroid dienone is 1. The topological polar surface area (TPSA) is 26.3 Å². The Morgan fingerprint density at radius 3 is 1.44 bits per heavy atom. The van der Waals surface area contributed by atoms with Gasteiger partial charge >= 0.3 is 5.97 Å². The summed E-state index contributed by atoms with van der Waals surface area (Å²) in [5, 5.41) is 7.07. The van der Waals surface area contributed by atoms with Crippen LogP contribution in [-0.2, 0) is 9.53 Å². The quantitative estimate of drug-likeness (QED) is 0.0900. The molecule has 0 bridgehead atoms. The molecule has 0 radical (unpaired) electrons. The Hall–Kier alpha value is -3.05. The van der Waals surface area contributed by atoms with Crippen molar-refractivity contribution < 1.29 is 9.53 Å². The highest BCUT2D eigenvalue weighted by Crippen LogP contribution is 2.50. The molecule has 39 heavy (non-hydrogen) atoms. The number of ether oxygens (including phenoxy) is 1. The average molecular weight is 553 g/mol. The van der Waals surface area contributed by atoms with Crippen molar-refractivity contribution in [3.8, 4) is 0 Å². The van der Waals surface area contributed by atoms with Crippen LogP contribution in [0.15, 0.2) is 132 Å². The largest absolute Gasteiger partial charge is 0.466 e. The van der Waals surface area contributed by atoms with E-state index in [0.717, 1.165) is 32.1 Å². The van der Waals surface area contributed by atoms with Crippen molar-refractivity contribution in [1.82, 2.24) is 0 Å². The standard InChI is InChI=1S/C35H38O2P2/c1-2-37-35(36)28-18-4-3-9-27-34(39(32-23-14-7-15-24-32)33-25-16-8-17-26-33)29-38(30-19-10-5-11-20-30)31-21-12-6-13-22-31/h5-8,10-17,19-26,29H,2-4,9,18,27-28H2,1H3/b34-29-. The van der Waals surface area contributed by atoms with Gasteiger partial charge in [0.25, 0.3) is 0 Å². The van der Waals surface area contributed by atoms with Crippen LogP contribution in [0.5, 0.6) is 0 Å². The van der Waals surface area contributed by atoms with Crippen molar-refractivity contribution >= 4 is 43.0 Å². The van der Waals surface area contributed by atoms with E-state index >= 15 is 0 Å². The lowest BCUT2D eigenvalue weighted by Gasteiger charge is -2.25. The highest BCUT2D eigenvalue weighted by atomic mass is 31.1. The summed E-state index contributed by atoms with van der Waals surface area (Å²) in [4.78, 5) is 11.8. The van der Waals surface area contributed by atoms with Crippen LogP contribution in [0.25, 0.3) is 0 Å². The molecule has 200 valence electrons. The van der Waals surface area contributed by atoms with Crippen LogP contribution in [0.1, 0.15) is 45.4 Å². The minimum Gasteiger partial charge on any atom is -0.466 e. The number of carbonyl (C=O) groups is 1. The van der Waals surface area contributed by atoms with E-state index < -0.39 is 15.8 Å². The molecule has 4 rings (SSSR count). The van der Waals surface area contributed by atoms with E-state index in [0.29, 0.717) is 13.0 Å². The first-order valence-corrected chi connectivity index (χ1v) is 16.7. The van der Waals surface area contributed by atoms with Gasteiger partial charge < -0.3 is 4.74 Å². The normalized spacial score (nSPS) is 11.6. The highest BCUT2D eigenvalue weighted by molar-refractivity contribution is 7.80. The Morgan fingerprint density at radius 2 is 1.00 bits per heavy atom. The maximum absolute atomic E-state index is 11.8. The van der Waals surface area contributed by atoms with Gasteiger partial charge in [0.15, 0.2) is 0 Å². The van der Waals surface area contributed by atoms with Crippen molar-refractivity contribution in [2.75, 3.05) is 6.61 Å². The summed E-state index contributed by atoms with van der Waals surface area (Å²) >= 11 is 0. The van der Waals surface area contributed by atoms with Crippen LogP contribution in [0.4, 0.5) is 0 Å². The highest BCUT2D eigenvalue weighted by Gasteiger charge is 2.21. The fourth-order valence-corrected chi connectivity index (χ4v) is 9.76. The second-order valence-electron chi connectivity index (χ2n) is 9.39. The molecule has 0 N–H and O–H groups in total. The van der Waals surface area contributed by atoms with E-state index in [1.165, 1.54) is 26.5 Å². The summed E-state index contributed by atoms with van der Waals surface area (Å²) in [5.41, 5.74) is 0. The second-order valence-corrected chi connectivity index (χ2v) is 13.7. The van der Waals surface area contributed by atoms with Crippen molar-refractivity contribution in [2.45, 2.75) is 45.4 Å². The number of unbranched alkanes of at least 4 members (excludes halogenated alkanes) is 3. The van der Waals surface area contributed by atoms with Crippen LogP contribution in [0.2, 0.25) is 0 Å². The summed E-state index contributed by atoms with van der Waals surface area (Å²) in [6.07, 6.45) is 5.73. The van der Waals surface area contributed by atoms with Gasteiger partial charge in [0.2, 0.25) is 0 Å². The molecule has 2 nitrogen and oxygen atoms in total. The molecule has 0 aromatic heterocycles. The Bertz CT molecular complexity index is 1200. The van der Waals surface area contributed by atoms with Crippen LogP contribution >= 0.6 is 15.8 Å². The van der Waals surface area contributed by atoms with Gasteiger partial charge in [-0.3, -0.25) is 4.79 Å². The minimum atomic E-state index is -0.664. The first-order chi connectivity index (χ1) is 19.3. The Kier molecular flexibility index (Phi) is 12.0. The van der Waals surface area contributed by atoms with Gasteiger partial charge in [0.1, 0.15) is 0 Å². The van der Waals surface area contributed by atoms with Gasteiger partial charge in [0, 0.05) is 6.42 Å². The lowest BCUT2D eigenvalue weighted by atomic mass is 10.1. The molecular weight excluding hydrogens is 514 g/mol. The van der Waals surface area contributed by atoms with Crippen LogP contribution in [-0.4, -0.2) is 12.6 Å². The maximum Gasteiger partial charge on any atom is 0.305 e. The summed E-state index contributed by atoms with van der Waals surface area (Å²) in [5.74, 6) is 2.54. The Morgan fingerprint density at radius 1 is 0.590 bits per heavy atom. The first kappa shape index (κ1) is 28.9. The Balaban J connectivity index is 1.67. The van der Waals surface area contributed by atoms with Crippen LogP contribution in [0, 0.1) is 0 Å². The zero-order valence-corrected chi connectivity index (χ0v) is 24.6. The Labute approximate surface area is 236 Å². The summed E-state index contributed by atoms with van der Waals surface area (Å²) in [7, 11) is -1.31. The van der Waals surface area contributed by atoms with Crippen molar-refractivity contribution in [3.05, 3.63) is 132 Å². The molecule has 0 saturated carbocycles. The SMILES string of the molecule is CCOC(=O)CCCCCC/C(=C/P(c1ccccc1)c1ccccc1)P(c1ccccc1)c1ccccc1. The number of hydrogen-bond acceptors (Lipinski definition) is 2. The van der Waals surface area contributed by atoms with E-state index in [-0.39, 0.29) is 5.97 Å². The van der Waals surface area contributed by atoms with Crippen molar-refractivity contribution in [1.29, 1.82) is 0 Å². The molecule has 4 aromatic rings. The molecule has 0 aliphatic carbocycles. The van der Waals surface area contributed by atoms with E-state index in [4.69, 9.17) is 4.74 Å². The third-order valence-electron chi connectivity index (χ3n) is 6.53. The van der Waals surface area contributed by atoms with Gasteiger partial charge in [-0.1, -0.05) is 134 Å². The summed E-state index contributed by atoms with van der Waals surface area (Å²) < 4.78 is 5.10. The predicted molar refractivity (Wildman–Crippen MR) is 171 cm³/mol. The molecule has 0 fully saturated rings. The van der Waals surface area contributed by atoms with Crippen LogP contribution in [0.3, 0.4) is 0 Å². The maximum atomic E-state index is 11.8. The molecule has 4 heteroatoms. The summed E-state index contributed by atoms with van der Waals surface area (Å²) in [6, 6.07) is 43.9. The first-order valence-electron chi connectivity index (χ1n) is 13.9. The predicted octanol–water partition coefficient (Wildman–Crippen LogP) is 8.00. The molecule has 0 amide bonds. The van der Waals surface area contributed by atoms with Crippen molar-refractivity contribution in [2.24, 2.45) is 0 Å².